The van der Waals surface area contributed by atoms with E-state index in [9.17, 15) is 13.6 Å². The number of carbonyl (C=O) groups is 1. The van der Waals surface area contributed by atoms with Crippen LogP contribution in [0.15, 0.2) is 18.6 Å². The van der Waals surface area contributed by atoms with E-state index in [4.69, 9.17) is 4.74 Å². The van der Waals surface area contributed by atoms with Gasteiger partial charge in [-0.05, 0) is 0 Å². The van der Waals surface area contributed by atoms with Crippen LogP contribution in [0.25, 0.3) is 0 Å². The van der Waals surface area contributed by atoms with Gasteiger partial charge in [-0.25, -0.2) is 13.8 Å². The Morgan fingerprint density at radius 1 is 1.45 bits per heavy atom. The van der Waals surface area contributed by atoms with Gasteiger partial charge in [0, 0.05) is 51.1 Å². The number of likely N-dealkylation sites (tertiary alicyclic amines) is 2. The van der Waals surface area contributed by atoms with Crippen molar-refractivity contribution in [3.8, 4) is 0 Å². The first kappa shape index (κ1) is 15.2. The molecule has 2 aliphatic rings. The van der Waals surface area contributed by atoms with Crippen molar-refractivity contribution in [2.45, 2.75) is 24.4 Å². The normalized spacial score (nSPS) is 25.2. The molecular formula is C14H18F2N4O2. The highest BCUT2D eigenvalue weighted by atomic mass is 19.3. The van der Waals surface area contributed by atoms with Gasteiger partial charge in [-0.3, -0.25) is 14.7 Å². The molecule has 0 spiro atoms. The number of rotatable bonds is 4. The second-order valence-electron chi connectivity index (χ2n) is 5.80. The van der Waals surface area contributed by atoms with Crippen LogP contribution in [0.5, 0.6) is 0 Å². The molecule has 3 rings (SSSR count). The Balaban J connectivity index is 1.59. The molecule has 6 nitrogen and oxygen atoms in total. The van der Waals surface area contributed by atoms with Crippen molar-refractivity contribution in [3.63, 3.8) is 0 Å². The third kappa shape index (κ3) is 2.93. The molecule has 1 atom stereocenters. The van der Waals surface area contributed by atoms with Crippen molar-refractivity contribution >= 4 is 5.91 Å². The zero-order valence-electron chi connectivity index (χ0n) is 12.3. The molecule has 0 bridgehead atoms. The Kier molecular flexibility index (Phi) is 4.05. The van der Waals surface area contributed by atoms with Gasteiger partial charge >= 0.3 is 0 Å². The van der Waals surface area contributed by atoms with Gasteiger partial charge < -0.3 is 9.64 Å². The predicted molar refractivity (Wildman–Crippen MR) is 73.7 cm³/mol. The summed E-state index contributed by atoms with van der Waals surface area (Å²) in [5.74, 6) is -2.89. The van der Waals surface area contributed by atoms with Crippen molar-refractivity contribution in [2.75, 3.05) is 33.4 Å². The molecule has 2 saturated heterocycles. The van der Waals surface area contributed by atoms with Crippen LogP contribution < -0.4 is 0 Å². The molecule has 1 amide bonds. The summed E-state index contributed by atoms with van der Waals surface area (Å²) in [7, 11) is 1.51. The minimum absolute atomic E-state index is 0.0471. The first-order chi connectivity index (χ1) is 10.5. The Morgan fingerprint density at radius 2 is 2.23 bits per heavy atom. The molecule has 0 N–H and O–H groups in total. The van der Waals surface area contributed by atoms with Crippen LogP contribution in [0.2, 0.25) is 0 Å². The lowest BCUT2D eigenvalue weighted by molar-refractivity contribution is -0.0138. The Morgan fingerprint density at radius 3 is 2.86 bits per heavy atom. The quantitative estimate of drug-likeness (QED) is 0.817. The van der Waals surface area contributed by atoms with Gasteiger partial charge in [0.1, 0.15) is 5.69 Å². The number of aromatic nitrogens is 2. The fourth-order valence-corrected chi connectivity index (χ4v) is 3.10. The van der Waals surface area contributed by atoms with E-state index in [0.717, 1.165) is 0 Å². The SMILES string of the molecule is COCC1CC(F)(F)CN1C1CN(C(=O)c2cnccn2)C1. The first-order valence-electron chi connectivity index (χ1n) is 7.18. The van der Waals surface area contributed by atoms with Crippen LogP contribution >= 0.6 is 0 Å². The number of alkyl halides is 2. The minimum atomic E-state index is -2.68. The molecule has 3 heterocycles. The molecule has 22 heavy (non-hydrogen) atoms. The molecule has 1 unspecified atom stereocenters. The number of nitrogens with zero attached hydrogens (tertiary/aromatic N) is 4. The molecule has 0 radical (unpaired) electrons. The summed E-state index contributed by atoms with van der Waals surface area (Å²) in [4.78, 5) is 23.4. The Hall–Kier alpha value is -1.67. The van der Waals surface area contributed by atoms with Gasteiger partial charge in [-0.15, -0.1) is 0 Å². The number of amides is 1. The molecule has 0 aliphatic carbocycles. The summed E-state index contributed by atoms with van der Waals surface area (Å²) in [6.45, 7) is 0.889. The molecule has 8 heteroatoms. The number of hydrogen-bond acceptors (Lipinski definition) is 5. The van der Waals surface area contributed by atoms with E-state index in [2.05, 4.69) is 9.97 Å². The smallest absolute Gasteiger partial charge is 0.274 e. The highest BCUT2D eigenvalue weighted by molar-refractivity contribution is 5.92. The van der Waals surface area contributed by atoms with Crippen LogP contribution in [0.4, 0.5) is 8.78 Å². The number of ether oxygens (including phenoxy) is 1. The van der Waals surface area contributed by atoms with Crippen LogP contribution in [0.1, 0.15) is 16.9 Å². The van der Waals surface area contributed by atoms with Crippen LogP contribution in [0.3, 0.4) is 0 Å². The summed E-state index contributed by atoms with van der Waals surface area (Å²) in [6.07, 6.45) is 4.18. The van der Waals surface area contributed by atoms with E-state index in [0.29, 0.717) is 13.1 Å². The Bertz CT molecular complexity index is 537. The molecule has 0 aromatic carbocycles. The number of halogens is 2. The van der Waals surface area contributed by atoms with Gasteiger partial charge in [0.25, 0.3) is 11.8 Å². The molecule has 2 fully saturated rings. The van der Waals surface area contributed by atoms with E-state index < -0.39 is 5.92 Å². The van der Waals surface area contributed by atoms with Crippen LogP contribution in [-0.4, -0.2) is 77.0 Å². The summed E-state index contributed by atoms with van der Waals surface area (Å²) in [5, 5.41) is 0. The van der Waals surface area contributed by atoms with Crippen molar-refractivity contribution in [3.05, 3.63) is 24.3 Å². The lowest BCUT2D eigenvalue weighted by Crippen LogP contribution is -2.62. The predicted octanol–water partition coefficient (Wildman–Crippen LogP) is 0.657. The van der Waals surface area contributed by atoms with Gasteiger partial charge in [0.15, 0.2) is 0 Å². The maximum absolute atomic E-state index is 13.6. The lowest BCUT2D eigenvalue weighted by Gasteiger charge is -2.45. The molecule has 0 saturated carbocycles. The maximum Gasteiger partial charge on any atom is 0.274 e. The number of carbonyl (C=O) groups excluding carboxylic acids is 1. The van der Waals surface area contributed by atoms with Crippen molar-refractivity contribution in [1.82, 2.24) is 19.8 Å². The standard InChI is InChI=1S/C14H18F2N4O2/c1-22-8-10-4-14(15,16)9-20(10)11-6-19(7-11)13(21)12-5-17-2-3-18-12/h2-3,5,10-11H,4,6-9H2,1H3. The van der Waals surface area contributed by atoms with Gasteiger partial charge in [-0.2, -0.15) is 0 Å². The average Bonchev–Trinajstić information content (AvgIpc) is 2.73. The summed E-state index contributed by atoms with van der Waals surface area (Å²) in [6, 6.07) is -0.340. The zero-order chi connectivity index (χ0) is 15.7. The van der Waals surface area contributed by atoms with Gasteiger partial charge in [-0.1, -0.05) is 0 Å². The molecule has 1 aromatic heterocycles. The molecule has 2 aliphatic heterocycles. The number of hydrogen-bond donors (Lipinski definition) is 0. The van der Waals surface area contributed by atoms with Crippen LogP contribution in [-0.2, 0) is 4.74 Å². The fourth-order valence-electron chi connectivity index (χ4n) is 3.10. The largest absolute Gasteiger partial charge is 0.383 e. The topological polar surface area (TPSA) is 58.6 Å². The third-order valence-corrected chi connectivity index (χ3v) is 4.18. The third-order valence-electron chi connectivity index (χ3n) is 4.18. The molecular weight excluding hydrogens is 294 g/mol. The summed E-state index contributed by atoms with van der Waals surface area (Å²) >= 11 is 0. The fraction of sp³-hybridized carbons (Fsp3) is 0.643. The van der Waals surface area contributed by atoms with E-state index >= 15 is 0 Å². The van der Waals surface area contributed by atoms with E-state index in [1.54, 1.807) is 9.80 Å². The summed E-state index contributed by atoms with van der Waals surface area (Å²) < 4.78 is 32.3. The molecule has 1 aromatic rings. The minimum Gasteiger partial charge on any atom is -0.383 e. The van der Waals surface area contributed by atoms with E-state index in [-0.39, 0.29) is 43.3 Å². The average molecular weight is 312 g/mol. The summed E-state index contributed by atoms with van der Waals surface area (Å²) in [5.41, 5.74) is 0.279. The van der Waals surface area contributed by atoms with Crippen molar-refractivity contribution < 1.29 is 18.3 Å². The van der Waals surface area contributed by atoms with Crippen molar-refractivity contribution in [2.24, 2.45) is 0 Å². The van der Waals surface area contributed by atoms with Gasteiger partial charge in [0.2, 0.25) is 0 Å². The highest BCUT2D eigenvalue weighted by Crippen LogP contribution is 2.35. The maximum atomic E-state index is 13.6. The van der Waals surface area contributed by atoms with E-state index in [1.807, 2.05) is 0 Å². The monoisotopic (exact) mass is 312 g/mol. The highest BCUT2D eigenvalue weighted by Gasteiger charge is 2.50. The molecule has 120 valence electrons. The Labute approximate surface area is 127 Å². The second kappa shape index (κ2) is 5.85. The second-order valence-corrected chi connectivity index (χ2v) is 5.80. The van der Waals surface area contributed by atoms with E-state index in [1.165, 1.54) is 25.7 Å². The first-order valence-corrected chi connectivity index (χ1v) is 7.18. The van der Waals surface area contributed by atoms with Gasteiger partial charge in [0.05, 0.1) is 19.3 Å². The zero-order valence-corrected chi connectivity index (χ0v) is 12.3. The van der Waals surface area contributed by atoms with Crippen LogP contribution in [0, 0.1) is 0 Å². The van der Waals surface area contributed by atoms with Crippen molar-refractivity contribution in [1.29, 1.82) is 0 Å². The lowest BCUT2D eigenvalue weighted by atomic mass is 10.1. The number of methoxy groups -OCH3 is 1.